The fourth-order valence-electron chi connectivity index (χ4n) is 2.39. The summed E-state index contributed by atoms with van der Waals surface area (Å²) in [5.41, 5.74) is 2.72. The molecule has 5 nitrogen and oxygen atoms in total. The number of aromatic nitrogens is 2. The van der Waals surface area contributed by atoms with Crippen molar-refractivity contribution >= 4 is 21.4 Å². The summed E-state index contributed by atoms with van der Waals surface area (Å²) in [4.78, 5) is 0. The van der Waals surface area contributed by atoms with Crippen LogP contribution in [-0.4, -0.2) is 18.2 Å². The van der Waals surface area contributed by atoms with Crippen molar-refractivity contribution in [1.29, 1.82) is 0 Å². The largest absolute Gasteiger partial charge is 0.262 e. The topological polar surface area (TPSA) is 64.0 Å². The molecule has 0 saturated carbocycles. The van der Waals surface area contributed by atoms with Crippen LogP contribution in [0.25, 0.3) is 11.3 Å². The summed E-state index contributed by atoms with van der Waals surface area (Å²) < 4.78 is 29.8. The van der Waals surface area contributed by atoms with Crippen molar-refractivity contribution in [2.75, 3.05) is 0 Å². The predicted molar refractivity (Wildman–Crippen MR) is 96.4 cm³/mol. The first kappa shape index (κ1) is 16.9. The quantitative estimate of drug-likeness (QED) is 0.728. The van der Waals surface area contributed by atoms with Gasteiger partial charge in [-0.25, -0.2) is 13.1 Å². The highest BCUT2D eigenvalue weighted by atomic mass is 32.2. The van der Waals surface area contributed by atoms with E-state index in [-0.39, 0.29) is 12.6 Å². The van der Waals surface area contributed by atoms with E-state index in [0.29, 0.717) is 4.21 Å². The average molecular weight is 361 g/mol. The molecule has 0 radical (unpaired) electrons. The van der Waals surface area contributed by atoms with E-state index in [0.717, 1.165) is 16.8 Å². The number of benzene rings is 1. The van der Waals surface area contributed by atoms with Gasteiger partial charge in [0.2, 0.25) is 10.0 Å². The van der Waals surface area contributed by atoms with Crippen molar-refractivity contribution in [2.45, 2.75) is 30.6 Å². The molecule has 1 aromatic carbocycles. The first-order valence-corrected chi connectivity index (χ1v) is 9.99. The number of nitrogens with one attached hydrogen (secondary N) is 1. The molecule has 2 heterocycles. The molecule has 0 atom stereocenters. The van der Waals surface area contributed by atoms with Crippen molar-refractivity contribution < 1.29 is 8.42 Å². The molecule has 126 valence electrons. The minimum atomic E-state index is -3.52. The molecule has 0 aliphatic rings. The zero-order valence-electron chi connectivity index (χ0n) is 13.5. The van der Waals surface area contributed by atoms with E-state index in [9.17, 15) is 8.42 Å². The normalized spacial score (nSPS) is 12.0. The van der Waals surface area contributed by atoms with Gasteiger partial charge >= 0.3 is 0 Å². The Bertz CT molecular complexity index is 912. The molecule has 7 heteroatoms. The fourth-order valence-corrected chi connectivity index (χ4v) is 4.63. The molecule has 0 bridgehead atoms. The SMILES string of the molecule is CC(C)n1nccc1-c1csc(S(=O)(=O)NCc2ccccc2)c1. The van der Waals surface area contributed by atoms with Crippen LogP contribution in [0.2, 0.25) is 0 Å². The maximum Gasteiger partial charge on any atom is 0.250 e. The fraction of sp³-hybridized carbons (Fsp3) is 0.235. The van der Waals surface area contributed by atoms with Crippen molar-refractivity contribution in [3.63, 3.8) is 0 Å². The van der Waals surface area contributed by atoms with Crippen molar-refractivity contribution in [3.8, 4) is 11.3 Å². The van der Waals surface area contributed by atoms with Gasteiger partial charge < -0.3 is 0 Å². The maximum absolute atomic E-state index is 12.5. The van der Waals surface area contributed by atoms with E-state index in [4.69, 9.17) is 0 Å². The Morgan fingerprint density at radius 3 is 2.67 bits per heavy atom. The Hall–Kier alpha value is -1.96. The van der Waals surface area contributed by atoms with Gasteiger partial charge in [0.15, 0.2) is 0 Å². The summed E-state index contributed by atoms with van der Waals surface area (Å²) in [6, 6.07) is 13.3. The molecule has 0 aliphatic heterocycles. The van der Waals surface area contributed by atoms with Gasteiger partial charge in [0.25, 0.3) is 0 Å². The van der Waals surface area contributed by atoms with Crippen LogP contribution in [0, 0.1) is 0 Å². The monoisotopic (exact) mass is 361 g/mol. The summed E-state index contributed by atoms with van der Waals surface area (Å²) in [7, 11) is -3.52. The molecule has 24 heavy (non-hydrogen) atoms. The minimum Gasteiger partial charge on any atom is -0.262 e. The van der Waals surface area contributed by atoms with E-state index in [1.165, 1.54) is 11.3 Å². The zero-order valence-corrected chi connectivity index (χ0v) is 15.1. The molecule has 0 saturated heterocycles. The smallest absolute Gasteiger partial charge is 0.250 e. The second kappa shape index (κ2) is 6.88. The lowest BCUT2D eigenvalue weighted by Crippen LogP contribution is -2.22. The van der Waals surface area contributed by atoms with Crippen molar-refractivity contribution in [3.05, 3.63) is 59.6 Å². The lowest BCUT2D eigenvalue weighted by molar-refractivity contribution is 0.538. The van der Waals surface area contributed by atoms with Crippen LogP contribution in [0.4, 0.5) is 0 Å². The number of hydrogen-bond donors (Lipinski definition) is 1. The van der Waals surface area contributed by atoms with Crippen molar-refractivity contribution in [1.82, 2.24) is 14.5 Å². The number of nitrogens with zero attached hydrogens (tertiary/aromatic N) is 2. The second-order valence-electron chi connectivity index (χ2n) is 5.72. The lowest BCUT2D eigenvalue weighted by atomic mass is 10.2. The van der Waals surface area contributed by atoms with Gasteiger partial charge in [-0.15, -0.1) is 11.3 Å². The third-order valence-corrected chi connectivity index (χ3v) is 6.45. The highest BCUT2D eigenvalue weighted by molar-refractivity contribution is 7.91. The number of hydrogen-bond acceptors (Lipinski definition) is 4. The number of thiophene rings is 1. The Labute approximate surface area is 146 Å². The van der Waals surface area contributed by atoms with Crippen LogP contribution in [0.15, 0.2) is 58.3 Å². The minimum absolute atomic E-state index is 0.214. The molecule has 0 unspecified atom stereocenters. The van der Waals surface area contributed by atoms with Crippen LogP contribution < -0.4 is 4.72 Å². The second-order valence-corrected chi connectivity index (χ2v) is 8.62. The van der Waals surface area contributed by atoms with Gasteiger partial charge in [-0.2, -0.15) is 5.10 Å². The molecule has 1 N–H and O–H groups in total. The molecule has 0 amide bonds. The highest BCUT2D eigenvalue weighted by Crippen LogP contribution is 2.29. The highest BCUT2D eigenvalue weighted by Gasteiger charge is 2.18. The summed E-state index contributed by atoms with van der Waals surface area (Å²) >= 11 is 1.22. The summed E-state index contributed by atoms with van der Waals surface area (Å²) in [6.45, 7) is 4.37. The Morgan fingerprint density at radius 1 is 1.21 bits per heavy atom. The van der Waals surface area contributed by atoms with Crippen molar-refractivity contribution in [2.24, 2.45) is 0 Å². The third-order valence-electron chi connectivity index (χ3n) is 3.60. The summed E-state index contributed by atoms with van der Waals surface area (Å²) in [5, 5.41) is 6.15. The number of sulfonamides is 1. The van der Waals surface area contributed by atoms with Gasteiger partial charge in [-0.1, -0.05) is 30.3 Å². The van der Waals surface area contributed by atoms with Crippen LogP contribution in [0.5, 0.6) is 0 Å². The van der Waals surface area contributed by atoms with Gasteiger partial charge in [0, 0.05) is 29.7 Å². The van der Waals surface area contributed by atoms with E-state index < -0.39 is 10.0 Å². The van der Waals surface area contributed by atoms with Gasteiger partial charge in [-0.05, 0) is 31.5 Å². The standard InChI is InChI=1S/C17H19N3O2S2/c1-13(2)20-16(8-9-18-20)15-10-17(23-12-15)24(21,22)19-11-14-6-4-3-5-7-14/h3-10,12-13,19H,11H2,1-2H3. The van der Waals surface area contributed by atoms with Crippen LogP contribution in [0.3, 0.4) is 0 Å². The third kappa shape index (κ3) is 3.58. The molecule has 0 spiro atoms. The van der Waals surface area contributed by atoms with Crippen LogP contribution >= 0.6 is 11.3 Å². The van der Waals surface area contributed by atoms with E-state index in [1.54, 1.807) is 12.3 Å². The molecule has 2 aromatic heterocycles. The van der Waals surface area contributed by atoms with Gasteiger partial charge in [0.05, 0.1) is 5.69 Å². The molecule has 0 aliphatic carbocycles. The Balaban J connectivity index is 1.80. The van der Waals surface area contributed by atoms with Gasteiger partial charge in [0.1, 0.15) is 4.21 Å². The maximum atomic E-state index is 12.5. The predicted octanol–water partition coefficient (Wildman–Crippen LogP) is 3.67. The van der Waals surface area contributed by atoms with Crippen LogP contribution in [-0.2, 0) is 16.6 Å². The lowest BCUT2D eigenvalue weighted by Gasteiger charge is -2.09. The first-order chi connectivity index (χ1) is 11.5. The Kier molecular flexibility index (Phi) is 4.84. The van der Waals surface area contributed by atoms with Gasteiger partial charge in [-0.3, -0.25) is 4.68 Å². The molecular formula is C17H19N3O2S2. The zero-order chi connectivity index (χ0) is 17.2. The molecule has 3 rings (SSSR count). The Morgan fingerprint density at radius 2 is 1.96 bits per heavy atom. The van der Waals surface area contributed by atoms with E-state index in [2.05, 4.69) is 9.82 Å². The van der Waals surface area contributed by atoms with E-state index in [1.807, 2.05) is 60.3 Å². The number of rotatable bonds is 6. The molecule has 3 aromatic rings. The van der Waals surface area contributed by atoms with Crippen LogP contribution in [0.1, 0.15) is 25.5 Å². The summed E-state index contributed by atoms with van der Waals surface area (Å²) in [5.74, 6) is 0. The molecule has 0 fully saturated rings. The molecular weight excluding hydrogens is 342 g/mol. The summed E-state index contributed by atoms with van der Waals surface area (Å²) in [6.07, 6.45) is 1.73. The first-order valence-electron chi connectivity index (χ1n) is 7.63. The average Bonchev–Trinajstić information content (AvgIpc) is 3.23. The van der Waals surface area contributed by atoms with E-state index >= 15 is 0 Å².